The minimum atomic E-state index is -0.290. The maximum Gasteiger partial charge on any atom is 0.338 e. The van der Waals surface area contributed by atoms with E-state index in [4.69, 9.17) is 9.47 Å². The van der Waals surface area contributed by atoms with E-state index in [1.807, 2.05) is 39.8 Å². The van der Waals surface area contributed by atoms with Gasteiger partial charge in [0.05, 0.1) is 17.8 Å². The van der Waals surface area contributed by atoms with Crippen molar-refractivity contribution in [3.05, 3.63) is 29.3 Å². The molecule has 0 amide bonds. The van der Waals surface area contributed by atoms with E-state index in [-0.39, 0.29) is 23.6 Å². The van der Waals surface area contributed by atoms with E-state index in [9.17, 15) is 4.79 Å². The Hall–Kier alpha value is -1.51. The molecule has 20 heavy (non-hydrogen) atoms. The normalized spacial score (nSPS) is 11.8. The van der Waals surface area contributed by atoms with Crippen LogP contribution in [0, 0.1) is 0 Å². The summed E-state index contributed by atoms with van der Waals surface area (Å²) in [4.78, 5) is 12.0. The molecule has 1 rings (SSSR count). The summed E-state index contributed by atoms with van der Waals surface area (Å²) in [5.41, 5.74) is 1.49. The predicted molar refractivity (Wildman–Crippen MR) is 81.5 cm³/mol. The van der Waals surface area contributed by atoms with Crippen molar-refractivity contribution in [2.75, 3.05) is 0 Å². The highest BCUT2D eigenvalue weighted by Gasteiger charge is 2.22. The van der Waals surface area contributed by atoms with E-state index in [2.05, 4.69) is 20.8 Å². The van der Waals surface area contributed by atoms with Crippen molar-refractivity contribution >= 4 is 5.97 Å². The molecule has 0 bridgehead atoms. The topological polar surface area (TPSA) is 35.5 Å². The maximum atomic E-state index is 12.0. The van der Waals surface area contributed by atoms with Crippen LogP contribution in [0.25, 0.3) is 0 Å². The van der Waals surface area contributed by atoms with Gasteiger partial charge in [-0.1, -0.05) is 20.8 Å². The molecule has 3 heteroatoms. The Balaban J connectivity index is 3.17. The van der Waals surface area contributed by atoms with Crippen LogP contribution in [-0.4, -0.2) is 18.2 Å². The first-order valence-electron chi connectivity index (χ1n) is 7.13. The van der Waals surface area contributed by atoms with Crippen molar-refractivity contribution in [2.24, 2.45) is 0 Å². The largest absolute Gasteiger partial charge is 0.491 e. The van der Waals surface area contributed by atoms with Crippen LogP contribution in [0.3, 0.4) is 0 Å². The number of rotatable bonds is 4. The van der Waals surface area contributed by atoms with Gasteiger partial charge in [-0.05, 0) is 51.3 Å². The monoisotopic (exact) mass is 278 g/mol. The third kappa shape index (κ3) is 4.55. The zero-order valence-corrected chi connectivity index (χ0v) is 13.6. The summed E-state index contributed by atoms with van der Waals surface area (Å²) in [5.74, 6) is 0.537. The van der Waals surface area contributed by atoms with Crippen molar-refractivity contribution in [1.29, 1.82) is 0 Å². The van der Waals surface area contributed by atoms with Gasteiger partial charge in [0, 0.05) is 5.56 Å². The van der Waals surface area contributed by atoms with Crippen LogP contribution in [0.15, 0.2) is 18.2 Å². The lowest BCUT2D eigenvalue weighted by molar-refractivity contribution is 0.0377. The molecule has 0 heterocycles. The minimum absolute atomic E-state index is 0.0989. The second-order valence-corrected chi connectivity index (χ2v) is 6.58. The van der Waals surface area contributed by atoms with Gasteiger partial charge < -0.3 is 9.47 Å². The number of hydrogen-bond donors (Lipinski definition) is 0. The SMILES string of the molecule is CC(C)OC(=O)c1ccc(OC(C)C)c(C(C)(C)C)c1. The Morgan fingerprint density at radius 3 is 2.10 bits per heavy atom. The number of carbonyl (C=O) groups is 1. The van der Waals surface area contributed by atoms with Crippen molar-refractivity contribution in [3.8, 4) is 5.75 Å². The number of benzene rings is 1. The minimum Gasteiger partial charge on any atom is -0.491 e. The Morgan fingerprint density at radius 2 is 1.65 bits per heavy atom. The summed E-state index contributed by atoms with van der Waals surface area (Å²) in [7, 11) is 0. The zero-order chi connectivity index (χ0) is 15.5. The Morgan fingerprint density at radius 1 is 1.05 bits per heavy atom. The van der Waals surface area contributed by atoms with Gasteiger partial charge in [-0.15, -0.1) is 0 Å². The molecule has 0 N–H and O–H groups in total. The van der Waals surface area contributed by atoms with Gasteiger partial charge in [-0.3, -0.25) is 0 Å². The summed E-state index contributed by atoms with van der Waals surface area (Å²) in [6.45, 7) is 14.0. The third-order valence-corrected chi connectivity index (χ3v) is 2.73. The lowest BCUT2D eigenvalue weighted by Crippen LogP contribution is -2.18. The van der Waals surface area contributed by atoms with Gasteiger partial charge in [0.25, 0.3) is 0 Å². The van der Waals surface area contributed by atoms with Crippen molar-refractivity contribution in [2.45, 2.75) is 66.1 Å². The molecule has 0 spiro atoms. The van der Waals surface area contributed by atoms with Crippen LogP contribution in [0.2, 0.25) is 0 Å². The highest BCUT2D eigenvalue weighted by atomic mass is 16.5. The van der Waals surface area contributed by atoms with Gasteiger partial charge in [-0.2, -0.15) is 0 Å². The molecule has 1 aromatic rings. The molecule has 0 unspecified atom stereocenters. The average molecular weight is 278 g/mol. The fourth-order valence-electron chi connectivity index (χ4n) is 1.88. The fourth-order valence-corrected chi connectivity index (χ4v) is 1.88. The zero-order valence-electron chi connectivity index (χ0n) is 13.6. The number of hydrogen-bond acceptors (Lipinski definition) is 3. The molecule has 1 aromatic carbocycles. The maximum absolute atomic E-state index is 12.0. The molecule has 0 aliphatic carbocycles. The molecule has 0 aromatic heterocycles. The van der Waals surface area contributed by atoms with Crippen LogP contribution >= 0.6 is 0 Å². The first-order valence-corrected chi connectivity index (χ1v) is 7.13. The number of ether oxygens (including phenoxy) is 2. The number of carbonyl (C=O) groups excluding carboxylic acids is 1. The summed E-state index contributed by atoms with van der Waals surface area (Å²) in [5, 5.41) is 0. The molecule has 0 fully saturated rings. The summed E-state index contributed by atoms with van der Waals surface area (Å²) >= 11 is 0. The van der Waals surface area contributed by atoms with Gasteiger partial charge in [0.15, 0.2) is 0 Å². The van der Waals surface area contributed by atoms with Gasteiger partial charge in [-0.25, -0.2) is 4.79 Å². The fraction of sp³-hybridized carbons (Fsp3) is 0.588. The molecule has 0 saturated carbocycles. The lowest BCUT2D eigenvalue weighted by atomic mass is 9.85. The molecule has 0 aliphatic rings. The van der Waals surface area contributed by atoms with Crippen molar-refractivity contribution in [1.82, 2.24) is 0 Å². The second-order valence-electron chi connectivity index (χ2n) is 6.58. The van der Waals surface area contributed by atoms with Crippen LogP contribution in [-0.2, 0) is 10.2 Å². The van der Waals surface area contributed by atoms with Crippen LogP contribution < -0.4 is 4.74 Å². The molecule has 3 nitrogen and oxygen atoms in total. The van der Waals surface area contributed by atoms with E-state index in [1.165, 1.54) is 0 Å². The van der Waals surface area contributed by atoms with Gasteiger partial charge in [0.1, 0.15) is 5.75 Å². The second kappa shape index (κ2) is 6.29. The molecule has 0 aliphatic heterocycles. The molecule has 112 valence electrons. The smallest absolute Gasteiger partial charge is 0.338 e. The van der Waals surface area contributed by atoms with Crippen molar-refractivity contribution < 1.29 is 14.3 Å². The van der Waals surface area contributed by atoms with Crippen LogP contribution in [0.5, 0.6) is 5.75 Å². The highest BCUT2D eigenvalue weighted by Crippen LogP contribution is 2.33. The molecular formula is C17H26O3. The standard InChI is InChI=1S/C17H26O3/c1-11(2)19-15-9-8-13(16(18)20-12(3)4)10-14(15)17(5,6)7/h8-12H,1-7H3. The molecule has 0 atom stereocenters. The average Bonchev–Trinajstić information content (AvgIpc) is 2.26. The highest BCUT2D eigenvalue weighted by molar-refractivity contribution is 5.90. The van der Waals surface area contributed by atoms with E-state index in [0.717, 1.165) is 11.3 Å². The Kier molecular flexibility index (Phi) is 5.21. The Labute approximate surface area is 122 Å². The predicted octanol–water partition coefficient (Wildman–Crippen LogP) is 4.34. The first-order chi connectivity index (χ1) is 9.11. The lowest BCUT2D eigenvalue weighted by Gasteiger charge is -2.24. The number of esters is 1. The van der Waals surface area contributed by atoms with Crippen molar-refractivity contribution in [3.63, 3.8) is 0 Å². The van der Waals surface area contributed by atoms with Crippen LogP contribution in [0.4, 0.5) is 0 Å². The van der Waals surface area contributed by atoms with Gasteiger partial charge >= 0.3 is 5.97 Å². The van der Waals surface area contributed by atoms with E-state index in [0.29, 0.717) is 5.56 Å². The first kappa shape index (κ1) is 16.5. The van der Waals surface area contributed by atoms with E-state index >= 15 is 0 Å². The van der Waals surface area contributed by atoms with E-state index < -0.39 is 0 Å². The quantitative estimate of drug-likeness (QED) is 0.769. The van der Waals surface area contributed by atoms with Crippen LogP contribution in [0.1, 0.15) is 64.4 Å². The van der Waals surface area contributed by atoms with Gasteiger partial charge in [0.2, 0.25) is 0 Å². The summed E-state index contributed by atoms with van der Waals surface area (Å²) < 4.78 is 11.1. The van der Waals surface area contributed by atoms with E-state index in [1.54, 1.807) is 6.07 Å². The third-order valence-electron chi connectivity index (χ3n) is 2.73. The summed E-state index contributed by atoms with van der Waals surface area (Å²) in [6.07, 6.45) is -0.0169. The molecule has 0 radical (unpaired) electrons. The Bertz CT molecular complexity index is 468. The molecular weight excluding hydrogens is 252 g/mol. The molecule has 0 saturated heterocycles. The summed E-state index contributed by atoms with van der Waals surface area (Å²) in [6, 6.07) is 5.50.